The summed E-state index contributed by atoms with van der Waals surface area (Å²) in [5.41, 5.74) is 0.996. The number of rotatable bonds is 6. The molecule has 1 aliphatic rings. The number of hydrogen-bond acceptors (Lipinski definition) is 5. The Labute approximate surface area is 169 Å². The molecular formula is C18H23ClN4OS2. The van der Waals surface area contributed by atoms with E-state index in [1.807, 2.05) is 37.3 Å². The summed E-state index contributed by atoms with van der Waals surface area (Å²) in [5.74, 6) is 1.83. The van der Waals surface area contributed by atoms with E-state index in [0.717, 1.165) is 66.6 Å². The Morgan fingerprint density at radius 1 is 1.27 bits per heavy atom. The summed E-state index contributed by atoms with van der Waals surface area (Å²) in [5, 5.41) is 9.05. The van der Waals surface area contributed by atoms with E-state index in [1.54, 1.807) is 11.8 Å². The number of aryl methyl sites for hydroxylation is 1. The number of thiocarbonyl (C=S) groups is 1. The minimum atomic E-state index is 0.770. The number of benzene rings is 1. The van der Waals surface area contributed by atoms with E-state index in [2.05, 4.69) is 20.3 Å². The van der Waals surface area contributed by atoms with Gasteiger partial charge in [0.05, 0.1) is 5.69 Å². The summed E-state index contributed by atoms with van der Waals surface area (Å²) in [7, 11) is 0. The molecule has 0 spiro atoms. The quantitative estimate of drug-likeness (QED) is 0.444. The molecule has 0 saturated carbocycles. The van der Waals surface area contributed by atoms with Crippen molar-refractivity contribution in [3.05, 3.63) is 46.8 Å². The van der Waals surface area contributed by atoms with Gasteiger partial charge in [0.2, 0.25) is 0 Å². The van der Waals surface area contributed by atoms with Gasteiger partial charge < -0.3 is 14.7 Å². The molecule has 1 fully saturated rings. The second kappa shape index (κ2) is 9.60. The van der Waals surface area contributed by atoms with Crippen LogP contribution in [0.15, 0.2) is 39.8 Å². The van der Waals surface area contributed by atoms with Crippen molar-refractivity contribution in [2.24, 2.45) is 0 Å². The van der Waals surface area contributed by atoms with Crippen LogP contribution in [0.25, 0.3) is 0 Å². The largest absolute Gasteiger partial charge is 0.362 e. The van der Waals surface area contributed by atoms with E-state index in [9.17, 15) is 0 Å². The average Bonchev–Trinajstić information content (AvgIpc) is 3.05. The molecule has 0 atom stereocenters. The van der Waals surface area contributed by atoms with Gasteiger partial charge in [-0.2, -0.15) is 0 Å². The van der Waals surface area contributed by atoms with E-state index < -0.39 is 0 Å². The predicted octanol–water partition coefficient (Wildman–Crippen LogP) is 3.42. The predicted molar refractivity (Wildman–Crippen MR) is 111 cm³/mol. The van der Waals surface area contributed by atoms with Gasteiger partial charge in [-0.15, -0.1) is 11.8 Å². The van der Waals surface area contributed by atoms with Crippen LogP contribution in [-0.2, 0) is 6.54 Å². The van der Waals surface area contributed by atoms with E-state index in [1.165, 1.54) is 4.90 Å². The van der Waals surface area contributed by atoms with Gasteiger partial charge in [0.25, 0.3) is 0 Å². The van der Waals surface area contributed by atoms with Crippen LogP contribution in [0.2, 0.25) is 5.02 Å². The van der Waals surface area contributed by atoms with Crippen LogP contribution in [0.5, 0.6) is 0 Å². The molecule has 2 aromatic rings. The molecule has 8 heteroatoms. The van der Waals surface area contributed by atoms with Gasteiger partial charge in [0.1, 0.15) is 5.76 Å². The lowest BCUT2D eigenvalue weighted by Gasteiger charge is -2.35. The summed E-state index contributed by atoms with van der Waals surface area (Å²) in [6.07, 6.45) is 0. The number of hydrogen-bond donors (Lipinski definition) is 1. The number of nitrogens with zero attached hydrogens (tertiary/aromatic N) is 3. The monoisotopic (exact) mass is 410 g/mol. The molecule has 2 heterocycles. The fourth-order valence-corrected chi connectivity index (χ4v) is 3.98. The molecule has 140 valence electrons. The van der Waals surface area contributed by atoms with Gasteiger partial charge in [0, 0.05) is 61.0 Å². The number of nitrogens with one attached hydrogen (secondary N) is 1. The molecule has 3 rings (SSSR count). The lowest BCUT2D eigenvalue weighted by molar-refractivity contribution is 0.171. The van der Waals surface area contributed by atoms with Crippen LogP contribution in [0, 0.1) is 6.92 Å². The molecule has 0 aliphatic carbocycles. The van der Waals surface area contributed by atoms with Crippen molar-refractivity contribution in [3.63, 3.8) is 0 Å². The highest BCUT2D eigenvalue weighted by Crippen LogP contribution is 2.19. The first-order chi connectivity index (χ1) is 12.6. The smallest absolute Gasteiger partial charge is 0.169 e. The Hall–Kier alpha value is -1.28. The molecule has 0 radical (unpaired) electrons. The minimum absolute atomic E-state index is 0.770. The fourth-order valence-electron chi connectivity index (χ4n) is 2.80. The van der Waals surface area contributed by atoms with E-state index >= 15 is 0 Å². The zero-order chi connectivity index (χ0) is 18.4. The first-order valence-electron chi connectivity index (χ1n) is 8.66. The van der Waals surface area contributed by atoms with Gasteiger partial charge in [-0.3, -0.25) is 4.90 Å². The van der Waals surface area contributed by atoms with Crippen molar-refractivity contribution in [2.45, 2.75) is 18.4 Å². The zero-order valence-corrected chi connectivity index (χ0v) is 17.2. The Morgan fingerprint density at radius 2 is 2.00 bits per heavy atom. The first kappa shape index (κ1) is 19.5. The van der Waals surface area contributed by atoms with Crippen molar-refractivity contribution in [1.82, 2.24) is 20.3 Å². The third kappa shape index (κ3) is 5.87. The topological polar surface area (TPSA) is 44.5 Å². The maximum Gasteiger partial charge on any atom is 0.169 e. The SMILES string of the molecule is Cc1cc(CN2CCN(C(=S)NCCSc3ccc(Cl)cc3)CC2)no1. The Bertz CT molecular complexity index is 714. The molecule has 26 heavy (non-hydrogen) atoms. The maximum atomic E-state index is 5.90. The van der Waals surface area contributed by atoms with Crippen LogP contribution < -0.4 is 5.32 Å². The van der Waals surface area contributed by atoms with Crippen molar-refractivity contribution >= 4 is 40.7 Å². The summed E-state index contributed by atoms with van der Waals surface area (Å²) in [6, 6.07) is 9.92. The highest BCUT2D eigenvalue weighted by molar-refractivity contribution is 7.99. The fraction of sp³-hybridized carbons (Fsp3) is 0.444. The molecule has 1 aliphatic heterocycles. The van der Waals surface area contributed by atoms with Crippen LogP contribution >= 0.6 is 35.6 Å². The number of aromatic nitrogens is 1. The summed E-state index contributed by atoms with van der Waals surface area (Å²) >= 11 is 13.2. The second-order valence-electron chi connectivity index (χ2n) is 6.23. The number of thioether (sulfide) groups is 1. The van der Waals surface area contributed by atoms with Crippen molar-refractivity contribution in [3.8, 4) is 0 Å². The second-order valence-corrected chi connectivity index (χ2v) is 8.22. The summed E-state index contributed by atoms with van der Waals surface area (Å²) in [6.45, 7) is 7.44. The van der Waals surface area contributed by atoms with Crippen molar-refractivity contribution in [2.75, 3.05) is 38.5 Å². The van der Waals surface area contributed by atoms with Crippen LogP contribution in [-0.4, -0.2) is 58.5 Å². The average molecular weight is 411 g/mol. The molecule has 1 aromatic heterocycles. The first-order valence-corrected chi connectivity index (χ1v) is 10.4. The van der Waals surface area contributed by atoms with E-state index in [4.69, 9.17) is 28.3 Å². The summed E-state index contributed by atoms with van der Waals surface area (Å²) in [4.78, 5) is 5.85. The lowest BCUT2D eigenvalue weighted by atomic mass is 10.3. The van der Waals surface area contributed by atoms with Gasteiger partial charge in [-0.05, 0) is 43.4 Å². The molecular weight excluding hydrogens is 388 g/mol. The Morgan fingerprint density at radius 3 is 2.65 bits per heavy atom. The normalized spacial score (nSPS) is 15.2. The van der Waals surface area contributed by atoms with Crippen molar-refractivity contribution < 1.29 is 4.52 Å². The van der Waals surface area contributed by atoms with Gasteiger partial charge in [0.15, 0.2) is 5.11 Å². The highest BCUT2D eigenvalue weighted by atomic mass is 35.5. The molecule has 1 aromatic carbocycles. The third-order valence-corrected chi connectivity index (χ3v) is 5.85. The van der Waals surface area contributed by atoms with E-state index in [0.29, 0.717) is 0 Å². The third-order valence-electron chi connectivity index (χ3n) is 4.18. The number of halogens is 1. The Kier molecular flexibility index (Phi) is 7.19. The molecule has 0 unspecified atom stereocenters. The number of piperazine rings is 1. The lowest BCUT2D eigenvalue weighted by Crippen LogP contribution is -2.51. The van der Waals surface area contributed by atoms with Crippen LogP contribution in [0.1, 0.15) is 11.5 Å². The maximum absolute atomic E-state index is 5.90. The van der Waals surface area contributed by atoms with Crippen molar-refractivity contribution in [1.29, 1.82) is 0 Å². The highest BCUT2D eigenvalue weighted by Gasteiger charge is 2.19. The minimum Gasteiger partial charge on any atom is -0.362 e. The molecule has 5 nitrogen and oxygen atoms in total. The van der Waals surface area contributed by atoms with Gasteiger partial charge >= 0.3 is 0 Å². The molecule has 1 saturated heterocycles. The summed E-state index contributed by atoms with van der Waals surface area (Å²) < 4.78 is 5.13. The standard InChI is InChI=1S/C18H23ClN4OS2/c1-14-12-16(21-24-14)13-22-7-9-23(10-8-22)18(25)20-6-11-26-17-4-2-15(19)3-5-17/h2-5,12H,6-11,13H2,1H3,(H,20,25). The van der Waals surface area contributed by atoms with Crippen LogP contribution in [0.3, 0.4) is 0 Å². The van der Waals surface area contributed by atoms with Gasteiger partial charge in [-0.25, -0.2) is 0 Å². The molecule has 1 N–H and O–H groups in total. The molecule has 0 bridgehead atoms. The Balaban J connectivity index is 1.32. The van der Waals surface area contributed by atoms with Gasteiger partial charge in [-0.1, -0.05) is 16.8 Å². The zero-order valence-electron chi connectivity index (χ0n) is 14.8. The molecule has 0 amide bonds. The van der Waals surface area contributed by atoms with Crippen LogP contribution in [0.4, 0.5) is 0 Å². The van der Waals surface area contributed by atoms with E-state index in [-0.39, 0.29) is 0 Å².